The standard InChI is InChI=1S/C15H22N2O2S/c1-11(15(2,3)18)19-20-14-7-5-12(6-8-14)13(9-16)10-17-4/h5-11,13,16,18H,1-4H3. The van der Waals surface area contributed by atoms with Crippen LogP contribution in [0.1, 0.15) is 32.3 Å². The maximum Gasteiger partial charge on any atom is 0.0979 e. The Morgan fingerprint density at radius 2 is 1.95 bits per heavy atom. The number of aliphatic imine (C=N–C) groups is 1. The van der Waals surface area contributed by atoms with Gasteiger partial charge in [-0.25, -0.2) is 0 Å². The molecule has 2 atom stereocenters. The van der Waals surface area contributed by atoms with Crippen LogP contribution >= 0.6 is 12.0 Å². The van der Waals surface area contributed by atoms with Crippen molar-refractivity contribution in [2.75, 3.05) is 7.05 Å². The van der Waals surface area contributed by atoms with Crippen LogP contribution in [0, 0.1) is 5.41 Å². The van der Waals surface area contributed by atoms with Crippen molar-refractivity contribution in [3.8, 4) is 0 Å². The Bertz CT molecular complexity index is 452. The van der Waals surface area contributed by atoms with Gasteiger partial charge in [0.1, 0.15) is 0 Å². The van der Waals surface area contributed by atoms with Crippen LogP contribution in [0.3, 0.4) is 0 Å². The third-order valence-electron chi connectivity index (χ3n) is 3.04. The summed E-state index contributed by atoms with van der Waals surface area (Å²) in [6, 6.07) is 7.80. The number of nitrogens with one attached hydrogen (secondary N) is 1. The van der Waals surface area contributed by atoms with Gasteiger partial charge in [0, 0.05) is 36.4 Å². The molecule has 2 N–H and O–H groups in total. The summed E-state index contributed by atoms with van der Waals surface area (Å²) in [4.78, 5) is 4.92. The molecule has 0 heterocycles. The summed E-state index contributed by atoms with van der Waals surface area (Å²) < 4.78 is 5.56. The fourth-order valence-electron chi connectivity index (χ4n) is 1.38. The maximum atomic E-state index is 9.79. The van der Waals surface area contributed by atoms with E-state index in [2.05, 4.69) is 4.99 Å². The summed E-state index contributed by atoms with van der Waals surface area (Å²) in [7, 11) is 1.70. The lowest BCUT2D eigenvalue weighted by Crippen LogP contribution is -2.34. The summed E-state index contributed by atoms with van der Waals surface area (Å²) in [5.41, 5.74) is 0.154. The van der Waals surface area contributed by atoms with Crippen molar-refractivity contribution < 1.29 is 9.29 Å². The lowest BCUT2D eigenvalue weighted by atomic mass is 10.0. The molecular weight excluding hydrogens is 272 g/mol. The van der Waals surface area contributed by atoms with E-state index in [1.165, 1.54) is 18.3 Å². The van der Waals surface area contributed by atoms with Crippen LogP contribution in [-0.2, 0) is 4.18 Å². The first-order valence-electron chi connectivity index (χ1n) is 6.47. The number of aliphatic hydroxyl groups is 1. The van der Waals surface area contributed by atoms with E-state index in [-0.39, 0.29) is 12.0 Å². The summed E-state index contributed by atoms with van der Waals surface area (Å²) in [5.74, 6) is -0.0877. The molecule has 0 amide bonds. The van der Waals surface area contributed by atoms with Crippen molar-refractivity contribution in [3.05, 3.63) is 29.8 Å². The Kier molecular flexibility index (Phi) is 6.39. The van der Waals surface area contributed by atoms with Gasteiger partial charge in [0.05, 0.1) is 17.6 Å². The molecule has 1 aromatic carbocycles. The average Bonchev–Trinajstić information content (AvgIpc) is 2.41. The van der Waals surface area contributed by atoms with Gasteiger partial charge in [-0.05, 0) is 38.5 Å². The number of benzene rings is 1. The van der Waals surface area contributed by atoms with Crippen LogP contribution < -0.4 is 0 Å². The van der Waals surface area contributed by atoms with Gasteiger partial charge in [0.15, 0.2) is 0 Å². The summed E-state index contributed by atoms with van der Waals surface area (Å²) in [6.45, 7) is 5.28. The molecule has 1 rings (SSSR count). The minimum atomic E-state index is -0.865. The molecule has 0 radical (unpaired) electrons. The molecule has 0 saturated heterocycles. The summed E-state index contributed by atoms with van der Waals surface area (Å²) >= 11 is 1.25. The fraction of sp³-hybridized carbons (Fsp3) is 0.467. The molecular formula is C15H22N2O2S. The van der Waals surface area contributed by atoms with Crippen LogP contribution in [0.5, 0.6) is 0 Å². The fourth-order valence-corrected chi connectivity index (χ4v) is 2.12. The maximum absolute atomic E-state index is 9.79. The molecule has 4 nitrogen and oxygen atoms in total. The smallest absolute Gasteiger partial charge is 0.0979 e. The van der Waals surface area contributed by atoms with Crippen molar-refractivity contribution in [1.29, 1.82) is 5.41 Å². The van der Waals surface area contributed by atoms with Gasteiger partial charge in [0.25, 0.3) is 0 Å². The van der Waals surface area contributed by atoms with Crippen LogP contribution in [0.4, 0.5) is 0 Å². The van der Waals surface area contributed by atoms with Gasteiger partial charge in [-0.1, -0.05) is 12.1 Å². The Morgan fingerprint density at radius 1 is 1.35 bits per heavy atom. The molecule has 2 unspecified atom stereocenters. The zero-order valence-electron chi connectivity index (χ0n) is 12.3. The first-order chi connectivity index (χ1) is 9.38. The second kappa shape index (κ2) is 7.57. The van der Waals surface area contributed by atoms with Gasteiger partial charge in [-0.3, -0.25) is 4.99 Å². The third-order valence-corrected chi connectivity index (χ3v) is 3.89. The molecule has 0 aliphatic rings. The molecule has 0 bridgehead atoms. The number of nitrogens with zero attached hydrogens (tertiary/aromatic N) is 1. The molecule has 20 heavy (non-hydrogen) atoms. The minimum absolute atomic E-state index is 0.0877. The van der Waals surface area contributed by atoms with Gasteiger partial charge >= 0.3 is 0 Å². The molecule has 0 aliphatic carbocycles. The van der Waals surface area contributed by atoms with Crippen molar-refractivity contribution in [2.24, 2.45) is 4.99 Å². The van der Waals surface area contributed by atoms with Crippen LogP contribution in [0.25, 0.3) is 0 Å². The number of hydrogen-bond donors (Lipinski definition) is 2. The van der Waals surface area contributed by atoms with E-state index in [4.69, 9.17) is 9.59 Å². The van der Waals surface area contributed by atoms with Crippen molar-refractivity contribution in [2.45, 2.75) is 43.3 Å². The molecule has 0 aliphatic heterocycles. The lowest BCUT2D eigenvalue weighted by molar-refractivity contribution is -0.0153. The molecule has 1 aromatic rings. The van der Waals surface area contributed by atoms with E-state index in [9.17, 15) is 5.11 Å². The van der Waals surface area contributed by atoms with Crippen molar-refractivity contribution in [3.63, 3.8) is 0 Å². The molecule has 110 valence electrons. The highest BCUT2D eigenvalue weighted by Gasteiger charge is 2.23. The normalized spacial score (nSPS) is 15.2. The molecule has 0 fully saturated rings. The minimum Gasteiger partial charge on any atom is -0.388 e. The van der Waals surface area contributed by atoms with E-state index in [1.807, 2.05) is 31.2 Å². The summed E-state index contributed by atoms with van der Waals surface area (Å²) in [6.07, 6.45) is 2.83. The highest BCUT2D eigenvalue weighted by molar-refractivity contribution is 7.94. The largest absolute Gasteiger partial charge is 0.388 e. The third kappa shape index (κ3) is 5.07. The molecule has 0 aromatic heterocycles. The predicted molar refractivity (Wildman–Crippen MR) is 85.1 cm³/mol. The van der Waals surface area contributed by atoms with E-state index in [0.29, 0.717) is 0 Å². The van der Waals surface area contributed by atoms with E-state index >= 15 is 0 Å². The predicted octanol–water partition coefficient (Wildman–Crippen LogP) is 3.30. The molecule has 0 saturated carbocycles. The Labute approximate surface area is 125 Å². The number of hydrogen-bond acceptors (Lipinski definition) is 5. The second-order valence-electron chi connectivity index (χ2n) is 5.14. The topological polar surface area (TPSA) is 65.7 Å². The Hall–Kier alpha value is -1.17. The zero-order valence-corrected chi connectivity index (χ0v) is 13.1. The monoisotopic (exact) mass is 294 g/mol. The number of rotatable bonds is 7. The Morgan fingerprint density at radius 3 is 2.40 bits per heavy atom. The zero-order chi connectivity index (χ0) is 15.2. The highest BCUT2D eigenvalue weighted by Crippen LogP contribution is 2.26. The van der Waals surface area contributed by atoms with Gasteiger partial charge in [0.2, 0.25) is 0 Å². The lowest BCUT2D eigenvalue weighted by Gasteiger charge is -2.24. The highest BCUT2D eigenvalue weighted by atomic mass is 32.2. The van der Waals surface area contributed by atoms with Gasteiger partial charge < -0.3 is 14.7 Å². The van der Waals surface area contributed by atoms with Crippen molar-refractivity contribution in [1.82, 2.24) is 0 Å². The van der Waals surface area contributed by atoms with Gasteiger partial charge in [-0.2, -0.15) is 0 Å². The van der Waals surface area contributed by atoms with Crippen LogP contribution in [-0.4, -0.2) is 36.3 Å². The quantitative estimate of drug-likeness (QED) is 0.599. The second-order valence-corrected chi connectivity index (χ2v) is 5.97. The van der Waals surface area contributed by atoms with Gasteiger partial charge in [-0.15, -0.1) is 0 Å². The SMILES string of the molecule is CN=CC(C=N)c1ccc(SOC(C)C(C)(C)O)cc1. The first-order valence-corrected chi connectivity index (χ1v) is 7.21. The van der Waals surface area contributed by atoms with Crippen LogP contribution in [0.2, 0.25) is 0 Å². The molecule has 5 heteroatoms. The Balaban J connectivity index is 2.65. The van der Waals surface area contributed by atoms with E-state index < -0.39 is 5.60 Å². The first kappa shape index (κ1) is 16.9. The molecule has 0 spiro atoms. The summed E-state index contributed by atoms with van der Waals surface area (Å²) in [5, 5.41) is 17.2. The van der Waals surface area contributed by atoms with Crippen LogP contribution in [0.15, 0.2) is 34.2 Å². The van der Waals surface area contributed by atoms with E-state index in [1.54, 1.807) is 27.1 Å². The average molecular weight is 294 g/mol. The van der Waals surface area contributed by atoms with Crippen molar-refractivity contribution >= 4 is 24.5 Å². The van der Waals surface area contributed by atoms with E-state index in [0.717, 1.165) is 10.5 Å².